The molecule has 0 amide bonds. The van der Waals surface area contributed by atoms with Crippen molar-refractivity contribution >= 4 is 33.7 Å². The summed E-state index contributed by atoms with van der Waals surface area (Å²) in [6.45, 7) is 2.05. The Labute approximate surface area is 150 Å². The molecule has 26 heavy (non-hydrogen) atoms. The SMILES string of the molecule is CC/C(=N\Nc1nnc2c(n1)[nH]c1ccccc12)c1ccc(OC)cc1. The number of para-hydroxylation sites is 1. The molecule has 2 heterocycles. The zero-order valence-corrected chi connectivity index (χ0v) is 14.5. The van der Waals surface area contributed by atoms with E-state index < -0.39 is 0 Å². The minimum atomic E-state index is 0.350. The summed E-state index contributed by atoms with van der Waals surface area (Å²) in [5, 5.41) is 13.9. The van der Waals surface area contributed by atoms with Gasteiger partial charge in [0.25, 0.3) is 5.95 Å². The van der Waals surface area contributed by atoms with Gasteiger partial charge < -0.3 is 9.72 Å². The molecule has 7 heteroatoms. The van der Waals surface area contributed by atoms with Gasteiger partial charge in [-0.25, -0.2) is 5.43 Å². The fraction of sp³-hybridized carbons (Fsp3) is 0.158. The molecular formula is C19H18N6O. The molecule has 2 N–H and O–H groups in total. The Morgan fingerprint density at radius 2 is 1.92 bits per heavy atom. The smallest absolute Gasteiger partial charge is 0.265 e. The molecule has 0 radical (unpaired) electrons. The van der Waals surface area contributed by atoms with E-state index in [2.05, 4.69) is 30.7 Å². The first-order valence-corrected chi connectivity index (χ1v) is 8.36. The molecule has 0 fully saturated rings. The van der Waals surface area contributed by atoms with Crippen molar-refractivity contribution in [1.29, 1.82) is 0 Å². The van der Waals surface area contributed by atoms with Gasteiger partial charge >= 0.3 is 0 Å². The van der Waals surface area contributed by atoms with E-state index >= 15 is 0 Å². The standard InChI is InChI=1S/C19H18N6O/c1-3-15(12-8-10-13(26-2)11-9-12)22-24-19-21-18-17(23-25-19)14-6-4-5-7-16(14)20-18/h4-11H,3H2,1-2H3,(H2,20,21,24,25)/b22-15+. The van der Waals surface area contributed by atoms with Crippen LogP contribution in [-0.2, 0) is 0 Å². The van der Waals surface area contributed by atoms with Gasteiger partial charge in [-0.1, -0.05) is 25.1 Å². The van der Waals surface area contributed by atoms with Gasteiger partial charge in [0.2, 0.25) is 0 Å². The number of hydrazone groups is 1. The summed E-state index contributed by atoms with van der Waals surface area (Å²) in [5.74, 6) is 1.16. The van der Waals surface area contributed by atoms with Crippen molar-refractivity contribution in [2.24, 2.45) is 5.10 Å². The number of aromatic amines is 1. The number of anilines is 1. The number of rotatable bonds is 5. The third kappa shape index (κ3) is 2.95. The third-order valence-electron chi connectivity index (χ3n) is 4.17. The van der Waals surface area contributed by atoms with Crippen LogP contribution in [0.3, 0.4) is 0 Å². The van der Waals surface area contributed by atoms with Gasteiger partial charge in [0.15, 0.2) is 5.65 Å². The number of ether oxygens (including phenoxy) is 1. The van der Waals surface area contributed by atoms with E-state index in [9.17, 15) is 0 Å². The predicted molar refractivity (Wildman–Crippen MR) is 103 cm³/mol. The highest BCUT2D eigenvalue weighted by Gasteiger charge is 2.08. The molecule has 0 saturated carbocycles. The summed E-state index contributed by atoms with van der Waals surface area (Å²) in [5.41, 5.74) is 7.24. The fourth-order valence-corrected chi connectivity index (χ4v) is 2.82. The average Bonchev–Trinajstić information content (AvgIpc) is 3.06. The summed E-state index contributed by atoms with van der Waals surface area (Å²) in [7, 11) is 1.65. The van der Waals surface area contributed by atoms with Crippen molar-refractivity contribution in [3.8, 4) is 5.75 Å². The number of methoxy groups -OCH3 is 1. The average molecular weight is 346 g/mol. The van der Waals surface area contributed by atoms with Crippen molar-refractivity contribution in [2.45, 2.75) is 13.3 Å². The molecule has 0 saturated heterocycles. The van der Waals surface area contributed by atoms with E-state index in [1.807, 2.05) is 55.5 Å². The van der Waals surface area contributed by atoms with E-state index in [1.165, 1.54) is 0 Å². The van der Waals surface area contributed by atoms with Crippen LogP contribution in [0.4, 0.5) is 5.95 Å². The Hall–Kier alpha value is -3.48. The highest BCUT2D eigenvalue weighted by atomic mass is 16.5. The van der Waals surface area contributed by atoms with Crippen LogP contribution in [0, 0.1) is 0 Å². The maximum Gasteiger partial charge on any atom is 0.265 e. The summed E-state index contributed by atoms with van der Waals surface area (Å²) >= 11 is 0. The zero-order chi connectivity index (χ0) is 17.9. The minimum Gasteiger partial charge on any atom is -0.497 e. The van der Waals surface area contributed by atoms with Crippen molar-refractivity contribution in [2.75, 3.05) is 12.5 Å². The van der Waals surface area contributed by atoms with Crippen molar-refractivity contribution < 1.29 is 4.74 Å². The molecule has 2 aromatic carbocycles. The molecule has 0 aliphatic rings. The van der Waals surface area contributed by atoms with E-state index in [0.29, 0.717) is 11.6 Å². The van der Waals surface area contributed by atoms with Gasteiger partial charge in [-0.15, -0.1) is 10.2 Å². The molecule has 0 bridgehead atoms. The molecule has 4 aromatic rings. The Bertz CT molecular complexity index is 1080. The van der Waals surface area contributed by atoms with Gasteiger partial charge in [0, 0.05) is 10.9 Å². The highest BCUT2D eigenvalue weighted by Crippen LogP contribution is 2.22. The number of hydrogen-bond donors (Lipinski definition) is 2. The van der Waals surface area contributed by atoms with Crippen molar-refractivity contribution in [1.82, 2.24) is 20.2 Å². The fourth-order valence-electron chi connectivity index (χ4n) is 2.82. The maximum absolute atomic E-state index is 5.19. The number of aromatic nitrogens is 4. The second-order valence-electron chi connectivity index (χ2n) is 5.76. The second kappa shape index (κ2) is 6.79. The molecule has 0 atom stereocenters. The molecule has 2 aromatic heterocycles. The lowest BCUT2D eigenvalue weighted by molar-refractivity contribution is 0.415. The van der Waals surface area contributed by atoms with Gasteiger partial charge in [0.05, 0.1) is 12.8 Å². The topological polar surface area (TPSA) is 88.1 Å². The van der Waals surface area contributed by atoms with E-state index in [0.717, 1.165) is 39.9 Å². The van der Waals surface area contributed by atoms with E-state index in [4.69, 9.17) is 4.74 Å². The summed E-state index contributed by atoms with van der Waals surface area (Å²) in [6.07, 6.45) is 0.765. The van der Waals surface area contributed by atoms with Crippen LogP contribution in [0.1, 0.15) is 18.9 Å². The minimum absolute atomic E-state index is 0.350. The van der Waals surface area contributed by atoms with Gasteiger partial charge in [0.1, 0.15) is 11.3 Å². The van der Waals surface area contributed by atoms with Crippen LogP contribution in [0.5, 0.6) is 5.75 Å². The molecule has 7 nitrogen and oxygen atoms in total. The van der Waals surface area contributed by atoms with E-state index in [1.54, 1.807) is 7.11 Å². The quantitative estimate of drug-likeness (QED) is 0.424. The Morgan fingerprint density at radius 3 is 2.69 bits per heavy atom. The monoisotopic (exact) mass is 346 g/mol. The first kappa shape index (κ1) is 16.0. The van der Waals surface area contributed by atoms with Crippen LogP contribution >= 0.6 is 0 Å². The Kier molecular flexibility index (Phi) is 4.18. The van der Waals surface area contributed by atoms with E-state index in [-0.39, 0.29) is 0 Å². The highest BCUT2D eigenvalue weighted by molar-refractivity contribution is 6.03. The maximum atomic E-state index is 5.19. The van der Waals surface area contributed by atoms with Gasteiger partial charge in [-0.05, 0) is 42.3 Å². The predicted octanol–water partition coefficient (Wildman–Crippen LogP) is 3.74. The van der Waals surface area contributed by atoms with Crippen LogP contribution in [0.2, 0.25) is 0 Å². The number of benzene rings is 2. The lowest BCUT2D eigenvalue weighted by atomic mass is 10.1. The Morgan fingerprint density at radius 1 is 1.12 bits per heavy atom. The molecule has 4 rings (SSSR count). The summed E-state index contributed by atoms with van der Waals surface area (Å²) in [6, 6.07) is 15.7. The number of fused-ring (bicyclic) bond motifs is 3. The first-order chi connectivity index (χ1) is 12.8. The van der Waals surface area contributed by atoms with Gasteiger partial charge in [-0.2, -0.15) is 10.1 Å². The number of H-pyrrole nitrogens is 1. The van der Waals surface area contributed by atoms with Crippen LogP contribution in [-0.4, -0.2) is 33.0 Å². The second-order valence-corrected chi connectivity index (χ2v) is 5.76. The molecule has 0 aliphatic carbocycles. The molecule has 0 spiro atoms. The zero-order valence-electron chi connectivity index (χ0n) is 14.5. The van der Waals surface area contributed by atoms with Crippen molar-refractivity contribution in [3.63, 3.8) is 0 Å². The third-order valence-corrected chi connectivity index (χ3v) is 4.17. The number of nitrogens with one attached hydrogen (secondary N) is 2. The number of hydrogen-bond acceptors (Lipinski definition) is 6. The molecule has 130 valence electrons. The lowest BCUT2D eigenvalue weighted by Crippen LogP contribution is -2.05. The first-order valence-electron chi connectivity index (χ1n) is 8.36. The Balaban J connectivity index is 1.62. The number of nitrogens with zero attached hydrogens (tertiary/aromatic N) is 4. The van der Waals surface area contributed by atoms with Crippen LogP contribution < -0.4 is 10.2 Å². The van der Waals surface area contributed by atoms with Crippen molar-refractivity contribution in [3.05, 3.63) is 54.1 Å². The summed E-state index contributed by atoms with van der Waals surface area (Å²) in [4.78, 5) is 7.72. The normalized spacial score (nSPS) is 11.8. The van der Waals surface area contributed by atoms with Crippen LogP contribution in [0.15, 0.2) is 53.6 Å². The van der Waals surface area contributed by atoms with Crippen LogP contribution in [0.25, 0.3) is 22.1 Å². The summed E-state index contributed by atoms with van der Waals surface area (Å²) < 4.78 is 5.19. The van der Waals surface area contributed by atoms with Gasteiger partial charge in [-0.3, -0.25) is 0 Å². The molecular weight excluding hydrogens is 328 g/mol. The molecule has 0 unspecified atom stereocenters. The lowest BCUT2D eigenvalue weighted by Gasteiger charge is -2.06. The largest absolute Gasteiger partial charge is 0.497 e. The molecule has 0 aliphatic heterocycles.